The summed E-state index contributed by atoms with van der Waals surface area (Å²) in [5.74, 6) is -1.49. The molecule has 0 fully saturated rings. The molecule has 1 aromatic carbocycles. The number of carboxylic acid groups (broad SMARTS) is 1. The first-order valence-electron chi connectivity index (χ1n) is 6.13. The Kier molecular flexibility index (Phi) is 5.82. The van der Waals surface area contributed by atoms with Crippen molar-refractivity contribution in [1.82, 2.24) is 0 Å². The van der Waals surface area contributed by atoms with Crippen molar-refractivity contribution in [3.63, 3.8) is 0 Å². The zero-order chi connectivity index (χ0) is 13.5. The standard InChI is InChI=1S/C14H21NO3/c1-10(18-2)3-4-11-5-7-12(8-6-11)13(9-15)14(16)17/h5-8,10,13H,3-4,9,15H2,1-2H3,(H,16,17). The van der Waals surface area contributed by atoms with Crippen molar-refractivity contribution in [3.8, 4) is 0 Å². The van der Waals surface area contributed by atoms with E-state index in [0.717, 1.165) is 18.4 Å². The number of aryl methyl sites for hydroxylation is 1. The van der Waals surface area contributed by atoms with Crippen LogP contribution >= 0.6 is 0 Å². The van der Waals surface area contributed by atoms with Gasteiger partial charge in [-0.05, 0) is 30.9 Å². The highest BCUT2D eigenvalue weighted by Gasteiger charge is 2.17. The number of nitrogens with two attached hydrogens (primary N) is 1. The van der Waals surface area contributed by atoms with Crippen LogP contribution in [0.5, 0.6) is 0 Å². The monoisotopic (exact) mass is 251 g/mol. The quantitative estimate of drug-likeness (QED) is 0.774. The molecule has 3 N–H and O–H groups in total. The number of methoxy groups -OCH3 is 1. The van der Waals surface area contributed by atoms with E-state index in [4.69, 9.17) is 15.6 Å². The Morgan fingerprint density at radius 2 is 2.00 bits per heavy atom. The summed E-state index contributed by atoms with van der Waals surface area (Å²) in [5.41, 5.74) is 7.40. The molecule has 0 radical (unpaired) electrons. The summed E-state index contributed by atoms with van der Waals surface area (Å²) in [7, 11) is 1.70. The number of rotatable bonds is 7. The highest BCUT2D eigenvalue weighted by molar-refractivity contribution is 5.76. The Morgan fingerprint density at radius 3 is 2.44 bits per heavy atom. The van der Waals surface area contributed by atoms with Crippen LogP contribution in [0, 0.1) is 0 Å². The van der Waals surface area contributed by atoms with E-state index in [-0.39, 0.29) is 12.6 Å². The first-order chi connectivity index (χ1) is 8.58. The van der Waals surface area contributed by atoms with E-state index in [1.165, 1.54) is 5.56 Å². The van der Waals surface area contributed by atoms with Crippen molar-refractivity contribution in [3.05, 3.63) is 35.4 Å². The Labute approximate surface area is 108 Å². The molecule has 100 valence electrons. The van der Waals surface area contributed by atoms with Crippen molar-refractivity contribution >= 4 is 5.97 Å². The van der Waals surface area contributed by atoms with Gasteiger partial charge in [0.15, 0.2) is 0 Å². The molecule has 0 aliphatic rings. The number of carbonyl (C=O) groups is 1. The number of hydrogen-bond donors (Lipinski definition) is 2. The average molecular weight is 251 g/mol. The minimum absolute atomic E-state index is 0.120. The molecular formula is C14H21NO3. The van der Waals surface area contributed by atoms with Gasteiger partial charge in [-0.3, -0.25) is 4.79 Å². The topological polar surface area (TPSA) is 72.5 Å². The molecule has 0 saturated heterocycles. The van der Waals surface area contributed by atoms with Crippen LogP contribution in [0.1, 0.15) is 30.4 Å². The summed E-state index contributed by atoms with van der Waals surface area (Å²) in [6.45, 7) is 2.15. The van der Waals surface area contributed by atoms with Crippen LogP contribution in [0.3, 0.4) is 0 Å². The number of ether oxygens (including phenoxy) is 1. The summed E-state index contributed by atoms with van der Waals surface area (Å²) < 4.78 is 5.19. The second-order valence-electron chi connectivity index (χ2n) is 4.45. The molecule has 0 bridgehead atoms. The van der Waals surface area contributed by atoms with Crippen LogP contribution in [-0.4, -0.2) is 30.8 Å². The second-order valence-corrected chi connectivity index (χ2v) is 4.45. The van der Waals surface area contributed by atoms with Crippen molar-refractivity contribution in [2.75, 3.05) is 13.7 Å². The fourth-order valence-electron chi connectivity index (χ4n) is 1.78. The number of benzene rings is 1. The smallest absolute Gasteiger partial charge is 0.312 e. The first-order valence-corrected chi connectivity index (χ1v) is 6.13. The molecule has 0 heterocycles. The van der Waals surface area contributed by atoms with Gasteiger partial charge in [-0.2, -0.15) is 0 Å². The molecule has 1 aromatic rings. The van der Waals surface area contributed by atoms with E-state index in [2.05, 4.69) is 0 Å². The maximum Gasteiger partial charge on any atom is 0.312 e. The van der Waals surface area contributed by atoms with Gasteiger partial charge in [0.1, 0.15) is 0 Å². The maximum atomic E-state index is 11.0. The van der Waals surface area contributed by atoms with Crippen molar-refractivity contribution in [2.45, 2.75) is 31.8 Å². The van der Waals surface area contributed by atoms with Gasteiger partial charge in [0.2, 0.25) is 0 Å². The van der Waals surface area contributed by atoms with Gasteiger partial charge >= 0.3 is 5.97 Å². The lowest BCUT2D eigenvalue weighted by atomic mass is 9.97. The molecule has 0 aromatic heterocycles. The third kappa shape index (κ3) is 4.13. The molecule has 0 amide bonds. The van der Waals surface area contributed by atoms with Crippen LogP contribution in [0.2, 0.25) is 0 Å². The molecule has 0 saturated carbocycles. The van der Waals surface area contributed by atoms with Gasteiger partial charge in [0.05, 0.1) is 12.0 Å². The second kappa shape index (κ2) is 7.13. The summed E-state index contributed by atoms with van der Waals surface area (Å²) in [6, 6.07) is 7.61. The zero-order valence-corrected chi connectivity index (χ0v) is 10.9. The predicted octanol–water partition coefficient (Wildman–Crippen LogP) is 1.78. The molecule has 18 heavy (non-hydrogen) atoms. The molecule has 4 nitrogen and oxygen atoms in total. The van der Waals surface area contributed by atoms with Gasteiger partial charge in [0, 0.05) is 13.7 Å². The molecule has 1 rings (SSSR count). The highest BCUT2D eigenvalue weighted by atomic mass is 16.5. The van der Waals surface area contributed by atoms with Gasteiger partial charge in [-0.15, -0.1) is 0 Å². The third-order valence-electron chi connectivity index (χ3n) is 3.16. The predicted molar refractivity (Wildman–Crippen MR) is 70.7 cm³/mol. The average Bonchev–Trinajstić information content (AvgIpc) is 2.37. The lowest BCUT2D eigenvalue weighted by Crippen LogP contribution is -2.21. The molecule has 2 unspecified atom stereocenters. The van der Waals surface area contributed by atoms with Crippen molar-refractivity contribution in [1.29, 1.82) is 0 Å². The Balaban J connectivity index is 2.64. The summed E-state index contributed by atoms with van der Waals surface area (Å²) in [5, 5.41) is 9.01. The third-order valence-corrected chi connectivity index (χ3v) is 3.16. The molecule has 2 atom stereocenters. The Bertz CT molecular complexity index is 375. The van der Waals surface area contributed by atoms with Crippen LogP contribution in [-0.2, 0) is 16.0 Å². The Hall–Kier alpha value is -1.39. The maximum absolute atomic E-state index is 11.0. The Morgan fingerprint density at radius 1 is 1.39 bits per heavy atom. The fraction of sp³-hybridized carbons (Fsp3) is 0.500. The van der Waals surface area contributed by atoms with E-state index in [1.807, 2.05) is 31.2 Å². The molecule has 0 aliphatic heterocycles. The number of aliphatic carboxylic acids is 1. The minimum atomic E-state index is -0.877. The van der Waals surface area contributed by atoms with E-state index < -0.39 is 11.9 Å². The highest BCUT2D eigenvalue weighted by Crippen LogP contribution is 2.17. The summed E-state index contributed by atoms with van der Waals surface area (Å²) in [6.07, 6.45) is 2.12. The van der Waals surface area contributed by atoms with Crippen LogP contribution in [0.25, 0.3) is 0 Å². The largest absolute Gasteiger partial charge is 0.481 e. The van der Waals surface area contributed by atoms with Crippen LogP contribution < -0.4 is 5.73 Å². The molecule has 0 aliphatic carbocycles. The van der Waals surface area contributed by atoms with Gasteiger partial charge in [0.25, 0.3) is 0 Å². The van der Waals surface area contributed by atoms with Gasteiger partial charge < -0.3 is 15.6 Å². The zero-order valence-electron chi connectivity index (χ0n) is 10.9. The molecular weight excluding hydrogens is 230 g/mol. The first kappa shape index (κ1) is 14.7. The summed E-state index contributed by atoms with van der Waals surface area (Å²) >= 11 is 0. The SMILES string of the molecule is COC(C)CCc1ccc(C(CN)C(=O)O)cc1. The van der Waals surface area contributed by atoms with E-state index >= 15 is 0 Å². The van der Waals surface area contributed by atoms with Crippen LogP contribution in [0.4, 0.5) is 0 Å². The summed E-state index contributed by atoms with van der Waals surface area (Å²) in [4.78, 5) is 11.0. The van der Waals surface area contributed by atoms with Crippen LogP contribution in [0.15, 0.2) is 24.3 Å². The van der Waals surface area contributed by atoms with Gasteiger partial charge in [-0.1, -0.05) is 24.3 Å². The van der Waals surface area contributed by atoms with Crippen molar-refractivity contribution < 1.29 is 14.6 Å². The fourth-order valence-corrected chi connectivity index (χ4v) is 1.78. The lowest BCUT2D eigenvalue weighted by Gasteiger charge is -2.12. The van der Waals surface area contributed by atoms with E-state index in [0.29, 0.717) is 0 Å². The van der Waals surface area contributed by atoms with E-state index in [1.54, 1.807) is 7.11 Å². The minimum Gasteiger partial charge on any atom is -0.481 e. The van der Waals surface area contributed by atoms with Crippen molar-refractivity contribution in [2.24, 2.45) is 5.73 Å². The normalized spacial score (nSPS) is 14.2. The molecule has 0 spiro atoms. The molecule has 4 heteroatoms. The number of hydrogen-bond acceptors (Lipinski definition) is 3. The lowest BCUT2D eigenvalue weighted by molar-refractivity contribution is -0.138. The van der Waals surface area contributed by atoms with E-state index in [9.17, 15) is 4.79 Å². The van der Waals surface area contributed by atoms with Gasteiger partial charge in [-0.25, -0.2) is 0 Å². The number of carboxylic acids is 1.